The minimum absolute atomic E-state index is 0.0608. The summed E-state index contributed by atoms with van der Waals surface area (Å²) >= 11 is 0. The van der Waals surface area contributed by atoms with Crippen LogP contribution in [0.4, 0.5) is 11.4 Å². The molecule has 3 rings (SSSR count). The van der Waals surface area contributed by atoms with E-state index < -0.39 is 10.0 Å². The molecule has 0 unspecified atom stereocenters. The molecule has 0 atom stereocenters. The van der Waals surface area contributed by atoms with Crippen LogP contribution in [-0.2, 0) is 27.8 Å². The van der Waals surface area contributed by atoms with Crippen LogP contribution in [0.1, 0.15) is 38.3 Å². The third-order valence-electron chi connectivity index (χ3n) is 5.39. The number of benzene rings is 2. The summed E-state index contributed by atoms with van der Waals surface area (Å²) in [4.78, 5) is 16.2. The average Bonchev–Trinajstić information content (AvgIpc) is 3.17. The van der Waals surface area contributed by atoms with Crippen LogP contribution in [0.15, 0.2) is 47.4 Å². The van der Waals surface area contributed by atoms with E-state index in [9.17, 15) is 13.2 Å². The summed E-state index contributed by atoms with van der Waals surface area (Å²) < 4.78 is 28.2. The molecule has 7 heteroatoms. The molecule has 2 aromatic rings. The SMILES string of the molecule is CCC(=O)N1CCc2cc(S(=O)(=O)NCc3ccc(N(CC)CC)cc3)ccc21. The molecule has 0 aliphatic carbocycles. The zero-order chi connectivity index (χ0) is 21.0. The van der Waals surface area contributed by atoms with Crippen molar-refractivity contribution in [3.8, 4) is 0 Å². The van der Waals surface area contributed by atoms with Crippen LogP contribution in [0, 0.1) is 0 Å². The van der Waals surface area contributed by atoms with Crippen molar-refractivity contribution in [1.29, 1.82) is 0 Å². The Bertz CT molecular complexity index is 967. The Kier molecular flexibility index (Phi) is 6.59. The van der Waals surface area contributed by atoms with Crippen molar-refractivity contribution in [1.82, 2.24) is 4.72 Å². The smallest absolute Gasteiger partial charge is 0.240 e. The lowest BCUT2D eigenvalue weighted by Gasteiger charge is -2.21. The lowest BCUT2D eigenvalue weighted by molar-refractivity contribution is -0.118. The van der Waals surface area contributed by atoms with E-state index in [-0.39, 0.29) is 17.3 Å². The second kappa shape index (κ2) is 8.97. The van der Waals surface area contributed by atoms with Gasteiger partial charge in [-0.2, -0.15) is 0 Å². The van der Waals surface area contributed by atoms with Crippen LogP contribution in [0.3, 0.4) is 0 Å². The maximum Gasteiger partial charge on any atom is 0.240 e. The maximum absolute atomic E-state index is 12.7. The van der Waals surface area contributed by atoms with Gasteiger partial charge in [-0.05, 0) is 61.7 Å². The van der Waals surface area contributed by atoms with Crippen LogP contribution in [-0.4, -0.2) is 34.0 Å². The van der Waals surface area contributed by atoms with E-state index in [1.807, 2.05) is 31.2 Å². The first-order chi connectivity index (χ1) is 13.9. The number of carbonyl (C=O) groups is 1. The van der Waals surface area contributed by atoms with E-state index >= 15 is 0 Å². The van der Waals surface area contributed by atoms with Crippen LogP contribution < -0.4 is 14.5 Å². The predicted molar refractivity (Wildman–Crippen MR) is 117 cm³/mol. The van der Waals surface area contributed by atoms with Crippen LogP contribution in [0.25, 0.3) is 0 Å². The summed E-state index contributed by atoms with van der Waals surface area (Å²) in [6.07, 6.45) is 1.12. The average molecular weight is 416 g/mol. The number of hydrogen-bond acceptors (Lipinski definition) is 4. The number of hydrogen-bond donors (Lipinski definition) is 1. The van der Waals surface area contributed by atoms with E-state index in [1.165, 1.54) is 0 Å². The number of nitrogens with one attached hydrogen (secondary N) is 1. The predicted octanol–water partition coefficient (Wildman–Crippen LogP) is 3.31. The molecule has 29 heavy (non-hydrogen) atoms. The summed E-state index contributed by atoms with van der Waals surface area (Å²) in [5.41, 5.74) is 3.76. The van der Waals surface area contributed by atoms with Gasteiger partial charge in [-0.1, -0.05) is 19.1 Å². The normalized spacial score (nSPS) is 13.4. The summed E-state index contributed by atoms with van der Waals surface area (Å²) in [5, 5.41) is 0. The highest BCUT2D eigenvalue weighted by atomic mass is 32.2. The Balaban J connectivity index is 1.70. The van der Waals surface area contributed by atoms with Crippen LogP contribution in [0.2, 0.25) is 0 Å². The van der Waals surface area contributed by atoms with E-state index in [0.717, 1.165) is 35.6 Å². The van der Waals surface area contributed by atoms with Gasteiger partial charge < -0.3 is 9.80 Å². The van der Waals surface area contributed by atoms with Gasteiger partial charge in [0.2, 0.25) is 15.9 Å². The molecular formula is C22H29N3O3S. The lowest BCUT2D eigenvalue weighted by atomic mass is 10.2. The molecule has 156 valence electrons. The largest absolute Gasteiger partial charge is 0.372 e. The fourth-order valence-corrected chi connectivity index (χ4v) is 4.74. The summed E-state index contributed by atoms with van der Waals surface area (Å²) in [5.74, 6) is 0.0608. The molecule has 1 heterocycles. The first kappa shape index (κ1) is 21.3. The fraction of sp³-hybridized carbons (Fsp3) is 0.409. The summed E-state index contributed by atoms with van der Waals surface area (Å²) in [6.45, 7) is 8.76. The molecule has 0 saturated heterocycles. The molecule has 0 bridgehead atoms. The zero-order valence-corrected chi connectivity index (χ0v) is 18.1. The summed E-state index contributed by atoms with van der Waals surface area (Å²) in [6, 6.07) is 12.9. The van der Waals surface area contributed by atoms with Gasteiger partial charge in [0.1, 0.15) is 0 Å². The second-order valence-electron chi connectivity index (χ2n) is 7.10. The topological polar surface area (TPSA) is 69.7 Å². The van der Waals surface area contributed by atoms with Crippen molar-refractivity contribution in [2.75, 3.05) is 29.4 Å². The number of nitrogens with zero attached hydrogens (tertiary/aromatic N) is 2. The van der Waals surface area contributed by atoms with Gasteiger partial charge >= 0.3 is 0 Å². The molecule has 0 saturated carbocycles. The van der Waals surface area contributed by atoms with Gasteiger partial charge in [0.25, 0.3) is 0 Å². The second-order valence-corrected chi connectivity index (χ2v) is 8.87. The lowest BCUT2D eigenvalue weighted by Crippen LogP contribution is -2.27. The Morgan fingerprint density at radius 2 is 1.76 bits per heavy atom. The molecule has 1 aliphatic rings. The van der Waals surface area contributed by atoms with Crippen molar-refractivity contribution >= 4 is 27.3 Å². The third kappa shape index (κ3) is 4.62. The molecule has 0 radical (unpaired) electrons. The molecule has 2 aromatic carbocycles. The number of rotatable bonds is 8. The van der Waals surface area contributed by atoms with Gasteiger partial charge in [-0.25, -0.2) is 13.1 Å². The Hall–Kier alpha value is -2.38. The number of amides is 1. The van der Waals surface area contributed by atoms with E-state index in [4.69, 9.17) is 0 Å². The molecule has 0 fully saturated rings. The first-order valence-corrected chi connectivity index (χ1v) is 11.6. The monoisotopic (exact) mass is 415 g/mol. The molecule has 1 N–H and O–H groups in total. The molecule has 0 spiro atoms. The van der Waals surface area contributed by atoms with Gasteiger partial charge in [0.05, 0.1) is 4.90 Å². The number of anilines is 2. The molecular weight excluding hydrogens is 386 g/mol. The highest BCUT2D eigenvalue weighted by Crippen LogP contribution is 2.30. The zero-order valence-electron chi connectivity index (χ0n) is 17.3. The fourth-order valence-electron chi connectivity index (χ4n) is 3.67. The van der Waals surface area contributed by atoms with Crippen molar-refractivity contribution in [2.45, 2.75) is 45.1 Å². The maximum atomic E-state index is 12.7. The molecule has 1 aliphatic heterocycles. The van der Waals surface area contributed by atoms with Gasteiger partial charge in [-0.3, -0.25) is 4.79 Å². The van der Waals surface area contributed by atoms with Crippen molar-refractivity contribution < 1.29 is 13.2 Å². The van der Waals surface area contributed by atoms with E-state index in [0.29, 0.717) is 19.4 Å². The Morgan fingerprint density at radius 3 is 2.38 bits per heavy atom. The van der Waals surface area contributed by atoms with Gasteiger partial charge in [-0.15, -0.1) is 0 Å². The minimum Gasteiger partial charge on any atom is -0.372 e. The number of sulfonamides is 1. The third-order valence-corrected chi connectivity index (χ3v) is 6.79. The Labute approximate surface area is 173 Å². The quantitative estimate of drug-likeness (QED) is 0.718. The highest BCUT2D eigenvalue weighted by Gasteiger charge is 2.25. The highest BCUT2D eigenvalue weighted by molar-refractivity contribution is 7.89. The molecule has 0 aromatic heterocycles. The van der Waals surface area contributed by atoms with Crippen molar-refractivity contribution in [2.24, 2.45) is 0 Å². The molecule has 1 amide bonds. The van der Waals surface area contributed by atoms with Crippen LogP contribution in [0.5, 0.6) is 0 Å². The van der Waals surface area contributed by atoms with Gasteiger partial charge in [0.15, 0.2) is 0 Å². The van der Waals surface area contributed by atoms with Crippen molar-refractivity contribution in [3.63, 3.8) is 0 Å². The number of fused-ring (bicyclic) bond motifs is 1. The minimum atomic E-state index is -3.62. The van der Waals surface area contributed by atoms with Gasteiger partial charge in [0, 0.05) is 44.0 Å². The molecule has 6 nitrogen and oxygen atoms in total. The van der Waals surface area contributed by atoms with E-state index in [2.05, 4.69) is 23.5 Å². The van der Waals surface area contributed by atoms with Crippen LogP contribution >= 0.6 is 0 Å². The van der Waals surface area contributed by atoms with Crippen molar-refractivity contribution in [3.05, 3.63) is 53.6 Å². The number of carbonyl (C=O) groups excluding carboxylic acids is 1. The van der Waals surface area contributed by atoms with E-state index in [1.54, 1.807) is 23.1 Å². The Morgan fingerprint density at radius 1 is 1.07 bits per heavy atom. The summed E-state index contributed by atoms with van der Waals surface area (Å²) in [7, 11) is -3.62. The first-order valence-electron chi connectivity index (χ1n) is 10.2. The standard InChI is InChI=1S/C22H29N3O3S/c1-4-22(26)25-14-13-18-15-20(11-12-21(18)25)29(27,28)23-16-17-7-9-19(10-8-17)24(5-2)6-3/h7-12,15,23H,4-6,13-14,16H2,1-3H3.